The summed E-state index contributed by atoms with van der Waals surface area (Å²) < 4.78 is 6.67. The van der Waals surface area contributed by atoms with Crippen LogP contribution in [-0.4, -0.2) is 21.0 Å². The van der Waals surface area contributed by atoms with Crippen molar-refractivity contribution in [3.63, 3.8) is 0 Å². The lowest BCUT2D eigenvalue weighted by Crippen LogP contribution is -2.28. The molecule has 2 aliphatic carbocycles. The summed E-state index contributed by atoms with van der Waals surface area (Å²) in [6.07, 6.45) is 14.2. The van der Waals surface area contributed by atoms with Crippen LogP contribution in [0.1, 0.15) is 41.0 Å². The van der Waals surface area contributed by atoms with Gasteiger partial charge in [0.25, 0.3) is 0 Å². The van der Waals surface area contributed by atoms with E-state index in [-0.39, 0.29) is 12.0 Å². The van der Waals surface area contributed by atoms with Gasteiger partial charge in [-0.2, -0.15) is 0 Å². The summed E-state index contributed by atoms with van der Waals surface area (Å²) in [5.74, 6) is 3.11. The number of furan rings is 1. The summed E-state index contributed by atoms with van der Waals surface area (Å²) in [5, 5.41) is 1.10. The van der Waals surface area contributed by atoms with E-state index in [9.17, 15) is 0 Å². The zero-order valence-corrected chi connectivity index (χ0v) is 27.2. The highest BCUT2D eigenvalue weighted by molar-refractivity contribution is 5.93. The Labute approximate surface area is 290 Å². The second-order valence-corrected chi connectivity index (χ2v) is 13.1. The van der Waals surface area contributed by atoms with Gasteiger partial charge >= 0.3 is 0 Å². The molecule has 0 saturated carbocycles. The Morgan fingerprint density at radius 3 is 2.02 bits per heavy atom. The highest BCUT2D eigenvalue weighted by atomic mass is 16.3. The molecule has 2 aromatic heterocycles. The van der Waals surface area contributed by atoms with E-state index in [1.165, 1.54) is 28.1 Å². The van der Waals surface area contributed by atoms with Gasteiger partial charge < -0.3 is 9.32 Å². The van der Waals surface area contributed by atoms with Crippen LogP contribution in [0.2, 0.25) is 0 Å². The number of aromatic nitrogens is 3. The third kappa shape index (κ3) is 4.73. The average molecular weight is 645 g/mol. The largest absolute Gasteiger partial charge is 0.460 e. The maximum atomic E-state index is 6.67. The number of para-hydroxylation sites is 1. The molecule has 10 rings (SSSR count). The Morgan fingerprint density at radius 2 is 1.28 bits per heavy atom. The molecule has 0 spiro atoms. The van der Waals surface area contributed by atoms with Crippen LogP contribution in [-0.2, 0) is 0 Å². The van der Waals surface area contributed by atoms with Gasteiger partial charge in [-0.05, 0) is 59.5 Å². The monoisotopic (exact) mass is 644 g/mol. The smallest absolute Gasteiger partial charge is 0.163 e. The maximum absolute atomic E-state index is 6.67. The van der Waals surface area contributed by atoms with Crippen molar-refractivity contribution in [3.8, 4) is 33.9 Å². The van der Waals surface area contributed by atoms with E-state index in [1.54, 1.807) is 0 Å². The van der Waals surface area contributed by atoms with E-state index >= 15 is 0 Å². The van der Waals surface area contributed by atoms with Crippen LogP contribution >= 0.6 is 0 Å². The normalized spacial score (nSPS) is 18.6. The van der Waals surface area contributed by atoms with Crippen molar-refractivity contribution < 1.29 is 4.42 Å². The van der Waals surface area contributed by atoms with Crippen LogP contribution in [0.15, 0.2) is 162 Å². The third-order valence-corrected chi connectivity index (χ3v) is 10.2. The van der Waals surface area contributed by atoms with Gasteiger partial charge in [-0.3, -0.25) is 0 Å². The fourth-order valence-corrected chi connectivity index (χ4v) is 7.79. The zero-order valence-electron chi connectivity index (χ0n) is 27.2. The summed E-state index contributed by atoms with van der Waals surface area (Å²) in [4.78, 5) is 17.5. The SMILES string of the molecule is C1=CC2c3cc(-c4ccc5oc6c(c5c4)C=CCC6c4nc(-c5ccccc5)nc(-c5ccccc5)n4)ccc3N(c3ccccc3)C2C=C1. The maximum Gasteiger partial charge on any atom is 0.163 e. The first kappa shape index (κ1) is 28.7. The molecule has 0 saturated heterocycles. The predicted molar refractivity (Wildman–Crippen MR) is 201 cm³/mol. The van der Waals surface area contributed by atoms with Crippen LogP contribution < -0.4 is 4.90 Å². The lowest BCUT2D eigenvalue weighted by molar-refractivity contribution is 0.506. The molecule has 3 aliphatic rings. The Morgan fingerprint density at radius 1 is 0.620 bits per heavy atom. The zero-order chi connectivity index (χ0) is 33.0. The lowest BCUT2D eigenvalue weighted by Gasteiger charge is -2.28. The van der Waals surface area contributed by atoms with Crippen molar-refractivity contribution in [1.82, 2.24) is 15.0 Å². The summed E-state index contributed by atoms with van der Waals surface area (Å²) in [5.41, 5.74) is 10.1. The summed E-state index contributed by atoms with van der Waals surface area (Å²) in [6, 6.07) is 44.7. The van der Waals surface area contributed by atoms with Gasteiger partial charge in [-0.15, -0.1) is 0 Å². The fourth-order valence-electron chi connectivity index (χ4n) is 7.79. The van der Waals surface area contributed by atoms with Gasteiger partial charge in [0.05, 0.1) is 12.0 Å². The first-order chi connectivity index (χ1) is 24.8. The number of hydrogen-bond acceptors (Lipinski definition) is 5. The Kier molecular flexibility index (Phi) is 6.69. The average Bonchev–Trinajstić information content (AvgIpc) is 3.74. The summed E-state index contributed by atoms with van der Waals surface area (Å²) in [7, 11) is 0. The van der Waals surface area contributed by atoms with E-state index < -0.39 is 0 Å². The second kappa shape index (κ2) is 11.7. The first-order valence-electron chi connectivity index (χ1n) is 17.2. The first-order valence-corrected chi connectivity index (χ1v) is 17.2. The Balaban J connectivity index is 1.05. The highest BCUT2D eigenvalue weighted by Gasteiger charge is 2.37. The predicted octanol–water partition coefficient (Wildman–Crippen LogP) is 10.9. The summed E-state index contributed by atoms with van der Waals surface area (Å²) in [6.45, 7) is 0. The molecule has 1 aliphatic heterocycles. The van der Waals surface area contributed by atoms with Gasteiger partial charge in [-0.1, -0.05) is 127 Å². The van der Waals surface area contributed by atoms with Gasteiger partial charge in [0.1, 0.15) is 17.2 Å². The summed E-state index contributed by atoms with van der Waals surface area (Å²) >= 11 is 0. The number of hydrogen-bond donors (Lipinski definition) is 0. The molecule has 0 amide bonds. The number of nitrogens with zero attached hydrogens (tertiary/aromatic N) is 4. The van der Waals surface area contributed by atoms with Crippen LogP contribution in [0.5, 0.6) is 0 Å². The van der Waals surface area contributed by atoms with Crippen LogP contribution in [0.4, 0.5) is 11.4 Å². The molecule has 5 nitrogen and oxygen atoms in total. The third-order valence-electron chi connectivity index (χ3n) is 10.2. The Hall–Kier alpha value is -6.33. The molecule has 0 bridgehead atoms. The molecule has 3 heterocycles. The second-order valence-electron chi connectivity index (χ2n) is 13.1. The van der Waals surface area contributed by atoms with Crippen molar-refractivity contribution in [2.45, 2.75) is 24.3 Å². The number of anilines is 2. The molecule has 3 unspecified atom stereocenters. The minimum Gasteiger partial charge on any atom is -0.460 e. The molecule has 50 heavy (non-hydrogen) atoms. The van der Waals surface area contributed by atoms with Crippen molar-refractivity contribution in [2.24, 2.45) is 0 Å². The molecule has 7 aromatic rings. The van der Waals surface area contributed by atoms with Gasteiger partial charge in [0, 0.05) is 39.4 Å². The minimum absolute atomic E-state index is 0.134. The number of fused-ring (bicyclic) bond motifs is 6. The van der Waals surface area contributed by atoms with Gasteiger partial charge in [0.15, 0.2) is 11.6 Å². The number of benzene rings is 5. The van der Waals surface area contributed by atoms with E-state index in [4.69, 9.17) is 19.4 Å². The van der Waals surface area contributed by atoms with E-state index in [1.807, 2.05) is 60.7 Å². The highest BCUT2D eigenvalue weighted by Crippen LogP contribution is 2.49. The molecular formula is C45H32N4O. The van der Waals surface area contributed by atoms with E-state index in [2.05, 4.69) is 108 Å². The van der Waals surface area contributed by atoms with Crippen molar-refractivity contribution in [3.05, 3.63) is 180 Å². The Bertz CT molecular complexity index is 2420. The standard InChI is InChI=1S/C45H32N4O/c1-4-13-29(14-5-1)43-46-44(30-15-6-2-7-16-30)48-45(47-43)36-21-12-20-35-38-28-32(24-26-41(38)50-42(35)36)31-23-25-40-37(27-31)34-19-10-11-22-39(34)49(40)33-17-8-3-9-18-33/h1-20,22-28,34,36,39H,21H2. The van der Waals surface area contributed by atoms with E-state index in [0.717, 1.165) is 39.8 Å². The van der Waals surface area contributed by atoms with Crippen LogP contribution in [0.3, 0.4) is 0 Å². The molecule has 5 aromatic carbocycles. The molecule has 3 atom stereocenters. The molecule has 0 N–H and O–H groups in total. The lowest BCUT2D eigenvalue weighted by atomic mass is 9.89. The fraction of sp³-hybridized carbons (Fsp3) is 0.0889. The molecule has 238 valence electrons. The minimum atomic E-state index is -0.134. The van der Waals surface area contributed by atoms with Crippen LogP contribution in [0.25, 0.3) is 50.9 Å². The molecule has 0 fully saturated rings. The molecule has 0 radical (unpaired) electrons. The van der Waals surface area contributed by atoms with Crippen LogP contribution in [0, 0.1) is 0 Å². The topological polar surface area (TPSA) is 55.1 Å². The number of allylic oxidation sites excluding steroid dienone is 3. The van der Waals surface area contributed by atoms with Crippen molar-refractivity contribution in [1.29, 1.82) is 0 Å². The van der Waals surface area contributed by atoms with E-state index in [0.29, 0.717) is 23.4 Å². The molecular weight excluding hydrogens is 613 g/mol. The molecule has 5 heteroatoms. The van der Waals surface area contributed by atoms with Crippen molar-refractivity contribution in [2.75, 3.05) is 4.90 Å². The van der Waals surface area contributed by atoms with Gasteiger partial charge in [0.2, 0.25) is 0 Å². The van der Waals surface area contributed by atoms with Gasteiger partial charge in [-0.25, -0.2) is 15.0 Å². The van der Waals surface area contributed by atoms with Crippen molar-refractivity contribution >= 4 is 28.4 Å². The quantitative estimate of drug-likeness (QED) is 0.187. The number of rotatable bonds is 5.